The van der Waals surface area contributed by atoms with Crippen LogP contribution in [-0.2, 0) is 18.4 Å². The van der Waals surface area contributed by atoms with E-state index in [4.69, 9.17) is 0 Å². The van der Waals surface area contributed by atoms with Gasteiger partial charge in [0.25, 0.3) is 0 Å². The van der Waals surface area contributed by atoms with Gasteiger partial charge < -0.3 is 9.88 Å². The summed E-state index contributed by atoms with van der Waals surface area (Å²) in [6.07, 6.45) is 8.31. The van der Waals surface area contributed by atoms with Crippen LogP contribution >= 0.6 is 11.8 Å². The summed E-state index contributed by atoms with van der Waals surface area (Å²) in [6.45, 7) is 0.358. The van der Waals surface area contributed by atoms with Gasteiger partial charge in [-0.2, -0.15) is 16.9 Å². The van der Waals surface area contributed by atoms with Gasteiger partial charge in [0.15, 0.2) is 5.82 Å². The van der Waals surface area contributed by atoms with Crippen LogP contribution in [0.3, 0.4) is 0 Å². The molecule has 1 atom stereocenters. The highest BCUT2D eigenvalue weighted by atomic mass is 32.2. The van der Waals surface area contributed by atoms with Crippen molar-refractivity contribution in [2.24, 2.45) is 7.05 Å². The van der Waals surface area contributed by atoms with Crippen LogP contribution in [0.4, 0.5) is 0 Å². The van der Waals surface area contributed by atoms with Crippen molar-refractivity contribution in [1.82, 2.24) is 24.6 Å². The van der Waals surface area contributed by atoms with Gasteiger partial charge >= 0.3 is 0 Å². The van der Waals surface area contributed by atoms with E-state index in [9.17, 15) is 4.79 Å². The van der Waals surface area contributed by atoms with E-state index in [0.29, 0.717) is 12.4 Å². The Bertz CT molecular complexity index is 537. The third-order valence-corrected chi connectivity index (χ3v) is 3.60. The van der Waals surface area contributed by atoms with Gasteiger partial charge in [-0.15, -0.1) is 0 Å². The maximum absolute atomic E-state index is 12.3. The molecular formula is C13H19N5OS. The standard InChI is InChI=1S/C13H19N5OS/c1-17-10-15-12(16-17)9-14-13(19)11(5-8-20-2)18-6-3-4-7-18/h3-4,6-7,10-11H,5,8-9H2,1-2H3,(H,14,19)/t11-/m1/s1. The van der Waals surface area contributed by atoms with E-state index in [1.807, 2.05) is 35.3 Å². The van der Waals surface area contributed by atoms with Crippen LogP contribution in [0.2, 0.25) is 0 Å². The molecule has 20 heavy (non-hydrogen) atoms. The number of aromatic nitrogens is 4. The van der Waals surface area contributed by atoms with Crippen molar-refractivity contribution in [3.8, 4) is 0 Å². The molecule has 0 spiro atoms. The largest absolute Gasteiger partial charge is 0.347 e. The molecule has 0 aliphatic heterocycles. The van der Waals surface area contributed by atoms with Crippen molar-refractivity contribution in [2.75, 3.05) is 12.0 Å². The lowest BCUT2D eigenvalue weighted by atomic mass is 10.2. The third kappa shape index (κ3) is 3.86. The summed E-state index contributed by atoms with van der Waals surface area (Å²) in [5.41, 5.74) is 0. The summed E-state index contributed by atoms with van der Waals surface area (Å²) in [5, 5.41) is 7.05. The molecule has 6 nitrogen and oxygen atoms in total. The maximum atomic E-state index is 12.3. The van der Waals surface area contributed by atoms with Crippen LogP contribution in [-0.4, -0.2) is 37.2 Å². The predicted molar refractivity (Wildman–Crippen MR) is 79.3 cm³/mol. The topological polar surface area (TPSA) is 64.7 Å². The predicted octanol–water partition coefficient (Wildman–Crippen LogP) is 1.23. The van der Waals surface area contributed by atoms with E-state index in [0.717, 1.165) is 12.2 Å². The molecule has 2 aromatic rings. The number of hydrogen-bond acceptors (Lipinski definition) is 4. The summed E-state index contributed by atoms with van der Waals surface area (Å²) in [4.78, 5) is 16.4. The Labute approximate surface area is 122 Å². The Morgan fingerprint density at radius 3 is 2.80 bits per heavy atom. The van der Waals surface area contributed by atoms with Crippen molar-refractivity contribution >= 4 is 17.7 Å². The van der Waals surface area contributed by atoms with E-state index >= 15 is 0 Å². The van der Waals surface area contributed by atoms with Gasteiger partial charge in [-0.05, 0) is 30.6 Å². The summed E-state index contributed by atoms with van der Waals surface area (Å²) < 4.78 is 3.57. The molecule has 0 unspecified atom stereocenters. The SMILES string of the molecule is CSCC[C@H](C(=O)NCc1ncn(C)n1)n1cccc1. The first-order valence-electron chi connectivity index (χ1n) is 6.44. The Hall–Kier alpha value is -1.76. The van der Waals surface area contributed by atoms with Gasteiger partial charge in [0.1, 0.15) is 12.4 Å². The highest BCUT2D eigenvalue weighted by molar-refractivity contribution is 7.98. The zero-order valence-electron chi connectivity index (χ0n) is 11.7. The van der Waals surface area contributed by atoms with Gasteiger partial charge in [0.2, 0.25) is 5.91 Å². The number of thioether (sulfide) groups is 1. The zero-order chi connectivity index (χ0) is 14.4. The second kappa shape index (κ2) is 7.14. The first-order chi connectivity index (χ1) is 9.70. The van der Waals surface area contributed by atoms with Crippen LogP contribution in [0.15, 0.2) is 30.9 Å². The molecule has 0 aromatic carbocycles. The summed E-state index contributed by atoms with van der Waals surface area (Å²) in [5.74, 6) is 1.57. The van der Waals surface area contributed by atoms with Gasteiger partial charge in [0.05, 0.1) is 6.54 Å². The number of hydrogen-bond donors (Lipinski definition) is 1. The number of carbonyl (C=O) groups excluding carboxylic acids is 1. The maximum Gasteiger partial charge on any atom is 0.243 e. The molecule has 0 aliphatic carbocycles. The normalized spacial score (nSPS) is 12.3. The molecule has 0 bridgehead atoms. The fraction of sp³-hybridized carbons (Fsp3) is 0.462. The molecule has 108 valence electrons. The minimum absolute atomic E-state index is 0.00250. The van der Waals surface area contributed by atoms with Gasteiger partial charge in [-0.3, -0.25) is 9.48 Å². The van der Waals surface area contributed by atoms with Crippen LogP contribution in [0.5, 0.6) is 0 Å². The number of rotatable bonds is 7. The Balaban J connectivity index is 1.95. The molecule has 0 fully saturated rings. The van der Waals surface area contributed by atoms with E-state index in [2.05, 4.69) is 15.4 Å². The summed E-state index contributed by atoms with van der Waals surface area (Å²) in [7, 11) is 1.80. The number of amides is 1. The van der Waals surface area contributed by atoms with Crippen molar-refractivity contribution in [3.63, 3.8) is 0 Å². The molecule has 0 saturated heterocycles. The van der Waals surface area contributed by atoms with Crippen molar-refractivity contribution < 1.29 is 4.79 Å². The fourth-order valence-electron chi connectivity index (χ4n) is 1.95. The molecule has 0 radical (unpaired) electrons. The number of carbonyl (C=O) groups is 1. The van der Waals surface area contributed by atoms with Crippen LogP contribution in [0.1, 0.15) is 18.3 Å². The van der Waals surface area contributed by atoms with Gasteiger partial charge in [-0.25, -0.2) is 4.98 Å². The molecule has 0 saturated carbocycles. The van der Waals surface area contributed by atoms with Crippen molar-refractivity contribution in [2.45, 2.75) is 19.0 Å². The van der Waals surface area contributed by atoms with Gasteiger partial charge in [-0.1, -0.05) is 0 Å². The highest BCUT2D eigenvalue weighted by Gasteiger charge is 2.19. The van der Waals surface area contributed by atoms with E-state index in [1.165, 1.54) is 0 Å². The van der Waals surface area contributed by atoms with Gasteiger partial charge in [0, 0.05) is 19.4 Å². The van der Waals surface area contributed by atoms with E-state index in [-0.39, 0.29) is 11.9 Å². The van der Waals surface area contributed by atoms with E-state index < -0.39 is 0 Å². The minimum atomic E-state index is -0.179. The van der Waals surface area contributed by atoms with Crippen LogP contribution < -0.4 is 5.32 Å². The number of aryl methyl sites for hydroxylation is 1. The smallest absolute Gasteiger partial charge is 0.243 e. The second-order valence-corrected chi connectivity index (χ2v) is 5.47. The number of nitrogens with one attached hydrogen (secondary N) is 1. The Morgan fingerprint density at radius 2 is 2.20 bits per heavy atom. The van der Waals surface area contributed by atoms with Crippen LogP contribution in [0.25, 0.3) is 0 Å². The monoisotopic (exact) mass is 293 g/mol. The van der Waals surface area contributed by atoms with Crippen molar-refractivity contribution in [1.29, 1.82) is 0 Å². The lowest BCUT2D eigenvalue weighted by Crippen LogP contribution is -2.32. The lowest BCUT2D eigenvalue weighted by Gasteiger charge is -2.17. The average Bonchev–Trinajstić information content (AvgIpc) is 3.08. The molecule has 2 heterocycles. The van der Waals surface area contributed by atoms with Crippen LogP contribution in [0, 0.1) is 0 Å². The first kappa shape index (κ1) is 14.6. The summed E-state index contributed by atoms with van der Waals surface area (Å²) >= 11 is 1.74. The second-order valence-electron chi connectivity index (χ2n) is 4.48. The molecule has 2 aromatic heterocycles. The Kier molecular flexibility index (Phi) is 5.23. The number of nitrogens with zero attached hydrogens (tertiary/aromatic N) is 4. The fourth-order valence-corrected chi connectivity index (χ4v) is 2.41. The molecule has 1 amide bonds. The minimum Gasteiger partial charge on any atom is -0.347 e. The molecule has 0 aliphatic rings. The molecule has 2 rings (SSSR count). The molecular weight excluding hydrogens is 274 g/mol. The third-order valence-electron chi connectivity index (χ3n) is 2.95. The Morgan fingerprint density at radius 1 is 1.45 bits per heavy atom. The quantitative estimate of drug-likeness (QED) is 0.834. The van der Waals surface area contributed by atoms with E-state index in [1.54, 1.807) is 29.8 Å². The average molecular weight is 293 g/mol. The molecule has 1 N–H and O–H groups in total. The molecule has 7 heteroatoms. The lowest BCUT2D eigenvalue weighted by molar-refractivity contribution is -0.124. The first-order valence-corrected chi connectivity index (χ1v) is 7.83. The summed E-state index contributed by atoms with van der Waals surface area (Å²) in [6, 6.07) is 3.68. The zero-order valence-corrected chi connectivity index (χ0v) is 12.5. The van der Waals surface area contributed by atoms with Crippen molar-refractivity contribution in [3.05, 3.63) is 36.7 Å². The highest BCUT2D eigenvalue weighted by Crippen LogP contribution is 2.15.